The number of hydrogen-bond acceptors (Lipinski definition) is 13. The molecule has 4 rings (SSSR count). The Morgan fingerprint density at radius 3 is 2.87 bits per heavy atom. The highest BCUT2D eigenvalue weighted by Crippen LogP contribution is 2.41. The number of tetrazole rings is 1. The Morgan fingerprint density at radius 1 is 1.37 bits per heavy atom. The van der Waals surface area contributed by atoms with E-state index in [0.29, 0.717) is 28.8 Å². The number of carboxylic acids is 1. The second-order valence-corrected chi connectivity index (χ2v) is 11.3. The molecule has 38 heavy (non-hydrogen) atoms. The van der Waals surface area contributed by atoms with Gasteiger partial charge >= 0.3 is 5.97 Å². The summed E-state index contributed by atoms with van der Waals surface area (Å²) in [6.45, 7) is 2.83. The number of hydrogen-bond donors (Lipinski definition) is 3. The predicted molar refractivity (Wildman–Crippen MR) is 142 cm³/mol. The summed E-state index contributed by atoms with van der Waals surface area (Å²) < 4.78 is 1.72. The lowest BCUT2D eigenvalue weighted by Crippen LogP contribution is -2.71. The number of nitrogen functional groups attached to an aromatic ring is 1. The summed E-state index contributed by atoms with van der Waals surface area (Å²) in [5, 5.41) is 30.0. The van der Waals surface area contributed by atoms with E-state index >= 15 is 0 Å². The number of aromatic nitrogens is 5. The van der Waals surface area contributed by atoms with Crippen molar-refractivity contribution in [2.24, 2.45) is 5.16 Å². The molecular formula is C21H27N9O5S3. The topological polar surface area (TPSA) is 191 Å². The average Bonchev–Trinajstić information content (AvgIpc) is 3.54. The fraction of sp³-hybridized carbons (Fsp3) is 0.524. The van der Waals surface area contributed by atoms with Gasteiger partial charge in [-0.15, -0.1) is 28.2 Å². The summed E-state index contributed by atoms with van der Waals surface area (Å²) in [6.07, 6.45) is 4.31. The van der Waals surface area contributed by atoms with Crippen molar-refractivity contribution >= 4 is 63.5 Å². The third-order valence-corrected chi connectivity index (χ3v) is 8.85. The molecule has 1 saturated heterocycles. The first kappa shape index (κ1) is 27.8. The molecule has 2 aliphatic rings. The molecule has 4 N–H and O–H groups in total. The maximum Gasteiger partial charge on any atom is 0.352 e. The number of thiazole rings is 1. The van der Waals surface area contributed by atoms with E-state index in [1.54, 1.807) is 10.1 Å². The molecule has 2 unspecified atom stereocenters. The van der Waals surface area contributed by atoms with Crippen LogP contribution in [0.25, 0.3) is 0 Å². The molecule has 14 nitrogen and oxygen atoms in total. The molecule has 204 valence electrons. The normalized spacial score (nSPS) is 19.3. The number of oxime groups is 1. The van der Waals surface area contributed by atoms with Crippen LogP contribution in [0.15, 0.2) is 27.0 Å². The first-order valence-corrected chi connectivity index (χ1v) is 14.7. The smallest absolute Gasteiger partial charge is 0.352 e. The number of carboxylic acid groups (broad SMARTS) is 1. The zero-order valence-corrected chi connectivity index (χ0v) is 23.1. The summed E-state index contributed by atoms with van der Waals surface area (Å²) >= 11 is 3.84. The lowest BCUT2D eigenvalue weighted by molar-refractivity contribution is -0.150. The van der Waals surface area contributed by atoms with Gasteiger partial charge in [0.05, 0.1) is 0 Å². The van der Waals surface area contributed by atoms with Crippen molar-refractivity contribution in [1.29, 1.82) is 0 Å². The molecule has 2 atom stereocenters. The van der Waals surface area contributed by atoms with Crippen molar-refractivity contribution in [2.45, 2.75) is 55.7 Å². The van der Waals surface area contributed by atoms with E-state index in [1.807, 2.05) is 0 Å². The summed E-state index contributed by atoms with van der Waals surface area (Å²) in [7, 11) is 1.28. The maximum absolute atomic E-state index is 13.0. The highest BCUT2D eigenvalue weighted by atomic mass is 32.2. The molecule has 0 aliphatic carbocycles. The summed E-state index contributed by atoms with van der Waals surface area (Å²) in [4.78, 5) is 48.1. The standard InChI is InChI=1S/C21H27N9O5S3/c1-3-4-5-6-7-29-21(25-27-28-29)38-9-11-8-36-18-14(17(32)30(18)15(11)19(33)34)24-16(31)13(26-35-2)12-10-37-20(22)23-12/h10,14,18H,3-9H2,1-2H3,(H2,22,23)(H,24,31)(H,33,34)/b26-13+. The molecule has 2 aromatic rings. The minimum atomic E-state index is -1.21. The first-order chi connectivity index (χ1) is 18.3. The van der Waals surface area contributed by atoms with Crippen LogP contribution in [0.2, 0.25) is 0 Å². The van der Waals surface area contributed by atoms with Crippen molar-refractivity contribution in [3.8, 4) is 0 Å². The van der Waals surface area contributed by atoms with E-state index in [1.165, 1.54) is 35.5 Å². The van der Waals surface area contributed by atoms with Crippen LogP contribution in [0.4, 0.5) is 5.13 Å². The number of nitrogens with two attached hydrogens (primary N) is 1. The molecule has 0 bridgehead atoms. The van der Waals surface area contributed by atoms with Gasteiger partial charge in [0.25, 0.3) is 11.8 Å². The largest absolute Gasteiger partial charge is 0.477 e. The number of carbonyl (C=O) groups excluding carboxylic acids is 2. The number of β-lactam (4-membered cyclic amide) rings is 1. The molecule has 0 radical (unpaired) electrons. The Bertz CT molecular complexity index is 1260. The van der Waals surface area contributed by atoms with Crippen molar-refractivity contribution in [1.82, 2.24) is 35.4 Å². The summed E-state index contributed by atoms with van der Waals surface area (Å²) in [5.41, 5.74) is 6.25. The van der Waals surface area contributed by atoms with Crippen LogP contribution in [0, 0.1) is 0 Å². The number of aryl methyl sites for hydroxylation is 1. The summed E-state index contributed by atoms with van der Waals surface area (Å²) in [6, 6.07) is -0.926. The third kappa shape index (κ3) is 5.94. The molecule has 0 saturated carbocycles. The van der Waals surface area contributed by atoms with Crippen LogP contribution in [0.1, 0.15) is 38.3 Å². The number of carbonyl (C=O) groups is 3. The van der Waals surface area contributed by atoms with Gasteiger partial charge in [0, 0.05) is 23.4 Å². The van der Waals surface area contributed by atoms with E-state index in [-0.39, 0.29) is 22.2 Å². The van der Waals surface area contributed by atoms with Crippen LogP contribution in [0.3, 0.4) is 0 Å². The molecule has 0 spiro atoms. The Morgan fingerprint density at radius 2 is 2.18 bits per heavy atom. The van der Waals surface area contributed by atoms with E-state index in [0.717, 1.165) is 37.0 Å². The molecular weight excluding hydrogens is 554 g/mol. The molecule has 2 aliphatic heterocycles. The van der Waals surface area contributed by atoms with Crippen molar-refractivity contribution < 1.29 is 24.3 Å². The molecule has 1 fully saturated rings. The van der Waals surface area contributed by atoms with Crippen molar-refractivity contribution in [3.63, 3.8) is 0 Å². The number of nitrogens with zero attached hydrogens (tertiary/aromatic N) is 7. The Labute approximate surface area is 230 Å². The second-order valence-electron chi connectivity index (χ2n) is 8.35. The van der Waals surface area contributed by atoms with Crippen molar-refractivity contribution in [2.75, 3.05) is 24.3 Å². The minimum Gasteiger partial charge on any atom is -0.477 e. The highest BCUT2D eigenvalue weighted by Gasteiger charge is 2.54. The zero-order chi connectivity index (χ0) is 27.2. The van der Waals surface area contributed by atoms with Gasteiger partial charge in [-0.1, -0.05) is 43.1 Å². The van der Waals surface area contributed by atoms with Gasteiger partial charge in [0.15, 0.2) is 10.8 Å². The minimum absolute atomic E-state index is 0.0724. The molecule has 4 heterocycles. The lowest BCUT2D eigenvalue weighted by Gasteiger charge is -2.49. The third-order valence-electron chi connectivity index (χ3n) is 5.80. The Kier molecular flexibility index (Phi) is 9.22. The van der Waals surface area contributed by atoms with Crippen LogP contribution in [0.5, 0.6) is 0 Å². The van der Waals surface area contributed by atoms with Gasteiger partial charge < -0.3 is 21.0 Å². The monoisotopic (exact) mass is 581 g/mol. The zero-order valence-electron chi connectivity index (χ0n) is 20.7. The summed E-state index contributed by atoms with van der Waals surface area (Å²) in [5.74, 6) is -1.72. The number of unbranched alkanes of at least 4 members (excludes halogenated alkanes) is 3. The van der Waals surface area contributed by atoms with Crippen LogP contribution >= 0.6 is 34.9 Å². The molecule has 2 aromatic heterocycles. The van der Waals surface area contributed by atoms with E-state index < -0.39 is 29.2 Å². The predicted octanol–water partition coefficient (Wildman–Crippen LogP) is 1.17. The highest BCUT2D eigenvalue weighted by molar-refractivity contribution is 8.01. The molecule has 0 aromatic carbocycles. The Balaban J connectivity index is 1.43. The lowest BCUT2D eigenvalue weighted by atomic mass is 10.0. The van der Waals surface area contributed by atoms with Gasteiger partial charge in [-0.3, -0.25) is 14.5 Å². The quantitative estimate of drug-likeness (QED) is 0.101. The maximum atomic E-state index is 13.0. The van der Waals surface area contributed by atoms with Gasteiger partial charge in [-0.05, 0) is 22.4 Å². The number of aliphatic carboxylic acids is 1. The second kappa shape index (κ2) is 12.6. The van der Waals surface area contributed by atoms with Gasteiger partial charge in [-0.25, -0.2) is 14.5 Å². The number of rotatable bonds is 13. The molecule has 17 heteroatoms. The number of anilines is 1. The molecule has 2 amide bonds. The number of thioether (sulfide) groups is 2. The van der Waals surface area contributed by atoms with Gasteiger partial charge in [0.2, 0.25) is 5.16 Å². The average molecular weight is 582 g/mol. The SMILES string of the molecule is CCCCCCn1nnnc1SCC1=C(C(=O)O)N2C(=O)C(NC(=O)/C(=N/OC)c3csc(N)n3)C2SC1. The van der Waals surface area contributed by atoms with E-state index in [9.17, 15) is 19.5 Å². The first-order valence-electron chi connectivity index (χ1n) is 11.8. The van der Waals surface area contributed by atoms with Gasteiger partial charge in [0.1, 0.15) is 29.9 Å². The van der Waals surface area contributed by atoms with Crippen LogP contribution < -0.4 is 11.1 Å². The van der Waals surface area contributed by atoms with Gasteiger partial charge in [-0.2, -0.15) is 0 Å². The fourth-order valence-corrected chi connectivity index (χ4v) is 6.91. The van der Waals surface area contributed by atoms with Crippen LogP contribution in [-0.4, -0.2) is 88.7 Å². The van der Waals surface area contributed by atoms with E-state index in [2.05, 4.69) is 37.9 Å². The Hall–Kier alpha value is -3.18. The van der Waals surface area contributed by atoms with Crippen molar-refractivity contribution in [3.05, 3.63) is 22.3 Å². The van der Waals surface area contributed by atoms with Crippen LogP contribution in [-0.2, 0) is 25.8 Å². The van der Waals surface area contributed by atoms with E-state index in [4.69, 9.17) is 10.6 Å². The fourth-order valence-electron chi connectivity index (χ4n) is 3.98. The number of amides is 2. The number of nitrogens with one attached hydrogen (secondary N) is 1. The number of fused-ring (bicyclic) bond motifs is 1.